The Bertz CT molecular complexity index is 1130. The van der Waals surface area contributed by atoms with Crippen molar-refractivity contribution in [2.75, 3.05) is 23.3 Å². The molecule has 152 valence electrons. The molecule has 3 aromatic rings. The first-order valence-corrected chi connectivity index (χ1v) is 9.74. The Kier molecular flexibility index (Phi) is 5.23. The van der Waals surface area contributed by atoms with Gasteiger partial charge in [0, 0.05) is 25.0 Å². The van der Waals surface area contributed by atoms with Crippen molar-refractivity contribution >= 4 is 34.8 Å². The molecule has 1 aliphatic rings. The van der Waals surface area contributed by atoms with E-state index in [2.05, 4.69) is 27.2 Å². The highest BCUT2D eigenvalue weighted by atomic mass is 35.5. The van der Waals surface area contributed by atoms with E-state index in [0.717, 1.165) is 36.1 Å². The van der Waals surface area contributed by atoms with E-state index < -0.39 is 17.4 Å². The van der Waals surface area contributed by atoms with Crippen molar-refractivity contribution in [2.45, 2.75) is 26.3 Å². The smallest absolute Gasteiger partial charge is 0.352 e. The molecule has 0 aliphatic carbocycles. The van der Waals surface area contributed by atoms with Crippen molar-refractivity contribution in [2.24, 2.45) is 5.92 Å². The molecule has 0 saturated carbocycles. The Morgan fingerprint density at radius 2 is 2.21 bits per heavy atom. The molecule has 1 amide bonds. The zero-order chi connectivity index (χ0) is 20.5. The third-order valence-corrected chi connectivity index (χ3v) is 5.21. The number of piperidine rings is 1. The Labute approximate surface area is 170 Å². The van der Waals surface area contributed by atoms with Crippen LogP contribution in [0, 0.1) is 11.7 Å². The molecule has 1 atom stereocenters. The van der Waals surface area contributed by atoms with E-state index in [-0.39, 0.29) is 17.3 Å². The van der Waals surface area contributed by atoms with E-state index >= 15 is 0 Å². The lowest BCUT2D eigenvalue weighted by Crippen LogP contribution is -2.34. The molecule has 0 radical (unpaired) electrons. The minimum absolute atomic E-state index is 0.101. The summed E-state index contributed by atoms with van der Waals surface area (Å²) < 4.78 is 15.6. The third kappa shape index (κ3) is 4.09. The molecular formula is C19H20ClFN6O2. The van der Waals surface area contributed by atoms with Crippen LogP contribution in [-0.4, -0.2) is 38.2 Å². The molecule has 1 saturated heterocycles. The van der Waals surface area contributed by atoms with Gasteiger partial charge in [-0.1, -0.05) is 18.5 Å². The number of nitrogens with one attached hydrogen (secondary N) is 1. The highest BCUT2D eigenvalue weighted by molar-refractivity contribution is 6.31. The average molecular weight is 419 g/mol. The third-order valence-electron chi connectivity index (χ3n) is 4.92. The lowest BCUT2D eigenvalue weighted by molar-refractivity contribution is -0.117. The number of hydrogen-bond donors (Lipinski definition) is 1. The lowest BCUT2D eigenvalue weighted by atomic mass is 10.0. The van der Waals surface area contributed by atoms with Gasteiger partial charge in [0.1, 0.15) is 18.2 Å². The molecule has 1 aromatic carbocycles. The number of amides is 1. The second-order valence-electron chi connectivity index (χ2n) is 7.27. The summed E-state index contributed by atoms with van der Waals surface area (Å²) in [7, 11) is 0. The van der Waals surface area contributed by atoms with Crippen LogP contribution >= 0.6 is 11.6 Å². The lowest BCUT2D eigenvalue weighted by Gasteiger charge is -2.31. The average Bonchev–Trinajstić information content (AvgIpc) is 2.99. The molecule has 2 aromatic heterocycles. The molecule has 1 N–H and O–H groups in total. The second-order valence-corrected chi connectivity index (χ2v) is 7.67. The highest BCUT2D eigenvalue weighted by Crippen LogP contribution is 2.21. The van der Waals surface area contributed by atoms with Crippen LogP contribution in [0.4, 0.5) is 15.9 Å². The molecule has 0 spiro atoms. The summed E-state index contributed by atoms with van der Waals surface area (Å²) in [6, 6.07) is 5.63. The van der Waals surface area contributed by atoms with Crippen molar-refractivity contribution in [3.05, 3.63) is 51.8 Å². The maximum Gasteiger partial charge on any atom is 0.352 e. The Morgan fingerprint density at radius 1 is 1.38 bits per heavy atom. The van der Waals surface area contributed by atoms with Gasteiger partial charge >= 0.3 is 5.69 Å². The Balaban J connectivity index is 1.53. The van der Waals surface area contributed by atoms with Crippen LogP contribution in [-0.2, 0) is 11.3 Å². The zero-order valence-corrected chi connectivity index (χ0v) is 16.6. The number of rotatable bonds is 4. The monoisotopic (exact) mass is 418 g/mol. The molecule has 0 unspecified atom stereocenters. The van der Waals surface area contributed by atoms with Crippen molar-refractivity contribution < 1.29 is 9.18 Å². The van der Waals surface area contributed by atoms with Crippen molar-refractivity contribution in [3.63, 3.8) is 0 Å². The zero-order valence-electron chi connectivity index (χ0n) is 15.8. The fraction of sp³-hybridized carbons (Fsp3) is 0.368. The first-order chi connectivity index (χ1) is 13.9. The number of anilines is 2. The highest BCUT2D eigenvalue weighted by Gasteiger charge is 2.19. The largest absolute Gasteiger partial charge is 0.356 e. The first-order valence-electron chi connectivity index (χ1n) is 9.37. The van der Waals surface area contributed by atoms with Gasteiger partial charge in [0.05, 0.1) is 5.02 Å². The summed E-state index contributed by atoms with van der Waals surface area (Å²) in [6.45, 7) is 3.74. The summed E-state index contributed by atoms with van der Waals surface area (Å²) in [5, 5.41) is 6.65. The maximum absolute atomic E-state index is 13.2. The number of nitrogens with zero attached hydrogens (tertiary/aromatic N) is 5. The van der Waals surface area contributed by atoms with Gasteiger partial charge in [-0.15, -0.1) is 5.10 Å². The van der Waals surface area contributed by atoms with Crippen LogP contribution in [0.15, 0.2) is 35.3 Å². The molecule has 10 heteroatoms. The van der Waals surface area contributed by atoms with E-state index in [1.807, 2.05) is 0 Å². The van der Waals surface area contributed by atoms with E-state index in [1.165, 1.54) is 23.0 Å². The molecule has 4 rings (SSSR count). The first kappa shape index (κ1) is 19.4. The molecule has 3 heterocycles. The maximum atomic E-state index is 13.2. The van der Waals surface area contributed by atoms with Crippen LogP contribution in [0.3, 0.4) is 0 Å². The molecular weight excluding hydrogens is 399 g/mol. The van der Waals surface area contributed by atoms with Gasteiger partial charge in [-0.25, -0.2) is 18.3 Å². The summed E-state index contributed by atoms with van der Waals surface area (Å²) in [5.74, 6) is 0.537. The molecule has 29 heavy (non-hydrogen) atoms. The van der Waals surface area contributed by atoms with Crippen LogP contribution in [0.1, 0.15) is 19.8 Å². The van der Waals surface area contributed by atoms with Gasteiger partial charge in [-0.2, -0.15) is 4.98 Å². The SMILES string of the molecule is C[C@@H]1CCCN(c2ccn3c(=O)n(CC(=O)Nc4ccc(F)c(Cl)c4)nc3n2)C1. The molecule has 1 fully saturated rings. The number of fused-ring (bicyclic) bond motifs is 1. The van der Waals surface area contributed by atoms with Crippen LogP contribution in [0.2, 0.25) is 5.02 Å². The van der Waals surface area contributed by atoms with Crippen LogP contribution in [0.5, 0.6) is 0 Å². The summed E-state index contributed by atoms with van der Waals surface area (Å²) in [4.78, 5) is 31.5. The van der Waals surface area contributed by atoms with E-state index in [9.17, 15) is 14.0 Å². The number of aromatic nitrogens is 4. The van der Waals surface area contributed by atoms with E-state index in [4.69, 9.17) is 11.6 Å². The van der Waals surface area contributed by atoms with Crippen LogP contribution < -0.4 is 15.9 Å². The number of carbonyl (C=O) groups is 1. The second kappa shape index (κ2) is 7.82. The topological polar surface area (TPSA) is 84.5 Å². The summed E-state index contributed by atoms with van der Waals surface area (Å²) in [6.07, 6.45) is 3.92. The minimum atomic E-state index is -0.578. The van der Waals surface area contributed by atoms with E-state index in [1.54, 1.807) is 12.3 Å². The fourth-order valence-corrected chi connectivity index (χ4v) is 3.66. The van der Waals surface area contributed by atoms with Crippen LogP contribution in [0.25, 0.3) is 5.78 Å². The van der Waals surface area contributed by atoms with Gasteiger partial charge in [0.15, 0.2) is 0 Å². The predicted molar refractivity (Wildman–Crippen MR) is 108 cm³/mol. The Hall–Kier alpha value is -2.94. The normalized spacial score (nSPS) is 16.9. The fourth-order valence-electron chi connectivity index (χ4n) is 3.48. The number of carbonyl (C=O) groups excluding carboxylic acids is 1. The quantitative estimate of drug-likeness (QED) is 0.704. The Morgan fingerprint density at radius 3 is 2.97 bits per heavy atom. The number of hydrogen-bond acceptors (Lipinski definition) is 5. The minimum Gasteiger partial charge on any atom is -0.356 e. The predicted octanol–water partition coefficient (Wildman–Crippen LogP) is 2.56. The standard InChI is InChI=1S/C19H20ClFN6O2/c1-12-3-2-7-25(10-12)16-6-8-26-18(23-16)24-27(19(26)29)11-17(28)22-13-4-5-15(21)14(20)9-13/h4-6,8-9,12H,2-3,7,10-11H2,1H3,(H,22,28)/t12-/m1/s1. The van der Waals surface area contributed by atoms with Crippen molar-refractivity contribution in [3.8, 4) is 0 Å². The van der Waals surface area contributed by atoms with Crippen molar-refractivity contribution in [1.29, 1.82) is 0 Å². The van der Waals surface area contributed by atoms with Gasteiger partial charge in [0.25, 0.3) is 5.78 Å². The van der Waals surface area contributed by atoms with Crippen molar-refractivity contribution in [1.82, 2.24) is 19.2 Å². The summed E-state index contributed by atoms with van der Waals surface area (Å²) in [5.41, 5.74) is -0.129. The summed E-state index contributed by atoms with van der Waals surface area (Å²) >= 11 is 5.71. The number of halogens is 2. The van der Waals surface area contributed by atoms with Gasteiger partial charge in [-0.3, -0.25) is 4.79 Å². The molecule has 0 bridgehead atoms. The molecule has 1 aliphatic heterocycles. The number of benzene rings is 1. The van der Waals surface area contributed by atoms with Gasteiger partial charge in [0.2, 0.25) is 5.91 Å². The van der Waals surface area contributed by atoms with Gasteiger partial charge < -0.3 is 10.2 Å². The van der Waals surface area contributed by atoms with E-state index in [0.29, 0.717) is 11.6 Å². The molecule has 8 nitrogen and oxygen atoms in total. The van der Waals surface area contributed by atoms with Gasteiger partial charge in [-0.05, 0) is 43.0 Å².